The van der Waals surface area contributed by atoms with Crippen molar-refractivity contribution in [3.8, 4) is 5.75 Å². The van der Waals surface area contributed by atoms with Gasteiger partial charge in [-0.25, -0.2) is 16.8 Å². The Morgan fingerprint density at radius 2 is 1.45 bits per heavy atom. The van der Waals surface area contributed by atoms with Crippen molar-refractivity contribution in [2.24, 2.45) is 0 Å². The summed E-state index contributed by atoms with van der Waals surface area (Å²) in [7, 11) is -6.65. The normalized spacial score (nSPS) is 14.1. The first-order valence-corrected chi connectivity index (χ1v) is 14.8. The summed E-state index contributed by atoms with van der Waals surface area (Å²) in [6.07, 6.45) is 0. The van der Waals surface area contributed by atoms with Gasteiger partial charge in [0.15, 0.2) is 0 Å². The van der Waals surface area contributed by atoms with Gasteiger partial charge in [-0.3, -0.25) is 14.2 Å². The molecule has 202 valence electrons. The molecule has 1 amide bonds. The van der Waals surface area contributed by atoms with Crippen LogP contribution in [0.5, 0.6) is 5.75 Å². The second-order valence-electron chi connectivity index (χ2n) is 8.47. The van der Waals surface area contributed by atoms with Gasteiger partial charge in [-0.05, 0) is 67.1 Å². The van der Waals surface area contributed by atoms with Crippen LogP contribution in [-0.4, -0.2) is 61.1 Å². The van der Waals surface area contributed by atoms with Crippen LogP contribution in [0.1, 0.15) is 15.9 Å². The van der Waals surface area contributed by atoms with E-state index < -0.39 is 20.0 Å². The first-order valence-electron chi connectivity index (χ1n) is 11.5. The van der Waals surface area contributed by atoms with Crippen molar-refractivity contribution in [2.45, 2.75) is 16.7 Å². The number of ether oxygens (including phenoxy) is 2. The molecule has 3 aromatic carbocycles. The first-order chi connectivity index (χ1) is 18.0. The van der Waals surface area contributed by atoms with Crippen LogP contribution < -0.4 is 14.2 Å². The second-order valence-corrected chi connectivity index (χ2v) is 12.2. The van der Waals surface area contributed by atoms with Gasteiger partial charge in [0.05, 0.1) is 41.4 Å². The Morgan fingerprint density at radius 1 is 0.868 bits per heavy atom. The maximum absolute atomic E-state index is 13.1. The number of carbonyl (C=O) groups excluding carboxylic acids is 1. The lowest BCUT2D eigenvalue weighted by Gasteiger charge is -2.27. The molecule has 0 spiro atoms. The fourth-order valence-corrected chi connectivity index (χ4v) is 6.06. The molecule has 0 saturated carbocycles. The van der Waals surface area contributed by atoms with Gasteiger partial charge in [-0.1, -0.05) is 17.7 Å². The smallest absolute Gasteiger partial charge is 0.261 e. The number of rotatable bonds is 8. The third-order valence-electron chi connectivity index (χ3n) is 5.85. The van der Waals surface area contributed by atoms with Gasteiger partial charge >= 0.3 is 0 Å². The lowest BCUT2D eigenvalue weighted by Crippen LogP contribution is -2.40. The van der Waals surface area contributed by atoms with E-state index in [1.807, 2.05) is 0 Å². The van der Waals surface area contributed by atoms with Gasteiger partial charge in [-0.15, -0.1) is 0 Å². The fourth-order valence-electron chi connectivity index (χ4n) is 3.74. The topological polar surface area (TPSA) is 131 Å². The van der Waals surface area contributed by atoms with E-state index in [0.29, 0.717) is 37.0 Å². The van der Waals surface area contributed by atoms with Crippen LogP contribution in [0.2, 0.25) is 5.02 Å². The molecule has 1 fully saturated rings. The number of sulfonamides is 2. The highest BCUT2D eigenvalue weighted by molar-refractivity contribution is 7.93. The first kappa shape index (κ1) is 27.7. The second kappa shape index (κ2) is 11.2. The highest BCUT2D eigenvalue weighted by Crippen LogP contribution is 2.27. The standard InChI is InChI=1S/C25H26ClN3O7S2/c1-17-3-4-19(15-23(17)26)28-37(31,32)20-7-5-18(6-8-20)27-38(33,34)21-9-10-24(35-2)22(16-21)25(30)29-11-13-36-14-12-29/h3-10,15-16,27-28H,11-14H2,1-2H3. The number of carbonyl (C=O) groups is 1. The molecular formula is C25H26ClN3O7S2. The monoisotopic (exact) mass is 579 g/mol. The average molecular weight is 580 g/mol. The van der Waals surface area contributed by atoms with E-state index in [4.69, 9.17) is 21.1 Å². The largest absolute Gasteiger partial charge is 0.496 e. The molecule has 1 heterocycles. The number of aryl methyl sites for hydroxylation is 1. The summed E-state index contributed by atoms with van der Waals surface area (Å²) in [5, 5.41) is 0.420. The van der Waals surface area contributed by atoms with Gasteiger partial charge in [0, 0.05) is 23.8 Å². The molecule has 0 aliphatic carbocycles. The van der Waals surface area contributed by atoms with Gasteiger partial charge in [-0.2, -0.15) is 0 Å². The molecule has 0 aromatic heterocycles. The minimum absolute atomic E-state index is 0.0695. The van der Waals surface area contributed by atoms with Crippen molar-refractivity contribution in [1.29, 1.82) is 0 Å². The third-order valence-corrected chi connectivity index (χ3v) is 9.03. The van der Waals surface area contributed by atoms with E-state index in [0.717, 1.165) is 5.56 Å². The minimum Gasteiger partial charge on any atom is -0.496 e. The summed E-state index contributed by atoms with van der Waals surface area (Å²) in [5.41, 5.74) is 1.35. The molecule has 2 N–H and O–H groups in total. The van der Waals surface area contributed by atoms with Crippen LogP contribution in [0.25, 0.3) is 0 Å². The van der Waals surface area contributed by atoms with Crippen LogP contribution in [0.15, 0.2) is 70.5 Å². The Morgan fingerprint density at radius 3 is 2.08 bits per heavy atom. The maximum atomic E-state index is 13.1. The molecular weight excluding hydrogens is 554 g/mol. The van der Waals surface area contributed by atoms with Crippen molar-refractivity contribution >= 4 is 48.9 Å². The highest BCUT2D eigenvalue weighted by atomic mass is 35.5. The van der Waals surface area contributed by atoms with E-state index >= 15 is 0 Å². The quantitative estimate of drug-likeness (QED) is 0.416. The molecule has 1 aliphatic rings. The number of amides is 1. The zero-order chi connectivity index (χ0) is 27.5. The summed E-state index contributed by atoms with van der Waals surface area (Å²) in [6, 6.07) is 14.0. The number of hydrogen-bond donors (Lipinski definition) is 2. The number of benzene rings is 3. The Labute approximate surface area is 226 Å². The number of nitrogens with zero attached hydrogens (tertiary/aromatic N) is 1. The molecule has 13 heteroatoms. The minimum atomic E-state index is -4.11. The zero-order valence-electron chi connectivity index (χ0n) is 20.6. The van der Waals surface area contributed by atoms with Crippen molar-refractivity contribution in [3.05, 3.63) is 76.8 Å². The Kier molecular flexibility index (Phi) is 8.16. The SMILES string of the molecule is COc1ccc(S(=O)(=O)Nc2ccc(S(=O)(=O)Nc3ccc(C)c(Cl)c3)cc2)cc1C(=O)N1CCOCC1. The molecule has 1 saturated heterocycles. The van der Waals surface area contributed by atoms with Crippen LogP contribution >= 0.6 is 11.6 Å². The molecule has 0 radical (unpaired) electrons. The van der Waals surface area contributed by atoms with Gasteiger partial charge in [0.25, 0.3) is 26.0 Å². The average Bonchev–Trinajstić information content (AvgIpc) is 2.90. The van der Waals surface area contributed by atoms with Crippen LogP contribution in [0.4, 0.5) is 11.4 Å². The number of methoxy groups -OCH3 is 1. The van der Waals surface area contributed by atoms with E-state index in [1.54, 1.807) is 24.0 Å². The summed E-state index contributed by atoms with van der Waals surface area (Å²) < 4.78 is 67.1. The number of halogens is 1. The van der Waals surface area contributed by atoms with Crippen LogP contribution in [0.3, 0.4) is 0 Å². The van der Waals surface area contributed by atoms with Crippen LogP contribution in [0, 0.1) is 6.92 Å². The summed E-state index contributed by atoms with van der Waals surface area (Å²) in [5.74, 6) is -0.114. The Balaban J connectivity index is 1.53. The number of anilines is 2. The van der Waals surface area contributed by atoms with E-state index in [2.05, 4.69) is 9.44 Å². The van der Waals surface area contributed by atoms with Gasteiger partial charge in [0.1, 0.15) is 5.75 Å². The molecule has 38 heavy (non-hydrogen) atoms. The Bertz CT molecular complexity index is 1550. The number of nitrogens with one attached hydrogen (secondary N) is 2. The molecule has 4 rings (SSSR count). The van der Waals surface area contributed by atoms with Crippen molar-refractivity contribution in [2.75, 3.05) is 42.9 Å². The number of morpholine rings is 1. The fraction of sp³-hybridized carbons (Fsp3) is 0.240. The van der Waals surface area contributed by atoms with Crippen LogP contribution in [-0.2, 0) is 24.8 Å². The van der Waals surface area contributed by atoms with Crippen molar-refractivity contribution in [1.82, 2.24) is 4.90 Å². The summed E-state index contributed by atoms with van der Waals surface area (Å²) in [6.45, 7) is 3.37. The van der Waals surface area contributed by atoms with E-state index in [9.17, 15) is 21.6 Å². The molecule has 10 nitrogen and oxygen atoms in total. The highest BCUT2D eigenvalue weighted by Gasteiger charge is 2.25. The van der Waals surface area contributed by atoms with Gasteiger partial charge in [0.2, 0.25) is 0 Å². The predicted octanol–water partition coefficient (Wildman–Crippen LogP) is 3.73. The summed E-state index contributed by atoms with van der Waals surface area (Å²) >= 11 is 6.07. The molecule has 0 unspecified atom stereocenters. The lowest BCUT2D eigenvalue weighted by molar-refractivity contribution is 0.0300. The molecule has 0 atom stereocenters. The third kappa shape index (κ3) is 6.21. The van der Waals surface area contributed by atoms with Gasteiger partial charge < -0.3 is 14.4 Å². The van der Waals surface area contributed by atoms with Crippen molar-refractivity contribution < 1.29 is 31.1 Å². The van der Waals surface area contributed by atoms with E-state index in [1.165, 1.54) is 55.6 Å². The Hall–Kier alpha value is -3.32. The lowest BCUT2D eigenvalue weighted by atomic mass is 10.1. The van der Waals surface area contributed by atoms with E-state index in [-0.39, 0.29) is 32.7 Å². The predicted molar refractivity (Wildman–Crippen MR) is 144 cm³/mol. The zero-order valence-corrected chi connectivity index (χ0v) is 23.0. The summed E-state index contributed by atoms with van der Waals surface area (Å²) in [4.78, 5) is 14.4. The molecule has 1 aliphatic heterocycles. The molecule has 0 bridgehead atoms. The maximum Gasteiger partial charge on any atom is 0.261 e. The van der Waals surface area contributed by atoms with Crippen molar-refractivity contribution in [3.63, 3.8) is 0 Å². The number of hydrogen-bond acceptors (Lipinski definition) is 7. The molecule has 3 aromatic rings.